The summed E-state index contributed by atoms with van der Waals surface area (Å²) in [5.41, 5.74) is 1.65. The minimum atomic E-state index is -0.444. The lowest BCUT2D eigenvalue weighted by atomic mass is 10.2. The molecule has 1 aliphatic rings. The molecular formula is C16H18N4O4. The molecule has 2 aromatic rings. The van der Waals surface area contributed by atoms with Gasteiger partial charge in [-0.3, -0.25) is 4.68 Å². The van der Waals surface area contributed by atoms with Crippen molar-refractivity contribution in [2.45, 2.75) is 20.0 Å². The Bertz CT molecular complexity index is 754. The lowest BCUT2D eigenvalue weighted by molar-refractivity contribution is 0.0524. The minimum Gasteiger partial charge on any atom is -0.464 e. The summed E-state index contributed by atoms with van der Waals surface area (Å²) >= 11 is 0. The van der Waals surface area contributed by atoms with Gasteiger partial charge in [0.15, 0.2) is 5.69 Å². The summed E-state index contributed by atoms with van der Waals surface area (Å²) in [6.45, 7) is 4.03. The summed E-state index contributed by atoms with van der Waals surface area (Å²) in [4.78, 5) is 29.6. The molecule has 0 atom stereocenters. The first-order chi connectivity index (χ1) is 11.6. The van der Waals surface area contributed by atoms with Crippen LogP contribution in [0.5, 0.6) is 0 Å². The van der Waals surface area contributed by atoms with Gasteiger partial charge in [0.1, 0.15) is 5.82 Å². The molecule has 0 saturated heterocycles. The van der Waals surface area contributed by atoms with E-state index in [1.165, 1.54) is 13.3 Å². The van der Waals surface area contributed by atoms with E-state index in [-0.39, 0.29) is 5.97 Å². The minimum absolute atomic E-state index is 0.306. The molecule has 0 spiro atoms. The Balaban J connectivity index is 1.74. The van der Waals surface area contributed by atoms with Crippen LogP contribution in [0, 0.1) is 0 Å². The number of nitrogens with zero attached hydrogens (tertiary/aromatic N) is 4. The monoisotopic (exact) mass is 330 g/mol. The average molecular weight is 330 g/mol. The van der Waals surface area contributed by atoms with Crippen LogP contribution in [0.25, 0.3) is 0 Å². The van der Waals surface area contributed by atoms with E-state index >= 15 is 0 Å². The van der Waals surface area contributed by atoms with Crippen molar-refractivity contribution in [2.24, 2.45) is 0 Å². The standard InChI is InChI=1S/C16H18N4O4/c1-3-24-15(21)11-4-5-14(17-9-11)19-6-7-20-12(10-19)8-13(18-20)16(22)23-2/h4-5,8-9H,3,6-7,10H2,1-2H3. The number of pyridine rings is 1. The highest BCUT2D eigenvalue weighted by Crippen LogP contribution is 2.20. The maximum atomic E-state index is 11.7. The third-order valence-electron chi connectivity index (χ3n) is 3.78. The Morgan fingerprint density at radius 2 is 2.08 bits per heavy atom. The SMILES string of the molecule is CCOC(=O)c1ccc(N2CCn3nc(C(=O)OC)cc3C2)nc1. The second-order valence-corrected chi connectivity index (χ2v) is 5.28. The molecule has 3 rings (SSSR count). The Kier molecular flexibility index (Phi) is 4.45. The number of carbonyl (C=O) groups is 2. The molecule has 126 valence electrons. The number of esters is 2. The van der Waals surface area contributed by atoms with Gasteiger partial charge in [0.05, 0.1) is 38.1 Å². The molecular weight excluding hydrogens is 312 g/mol. The Morgan fingerprint density at radius 3 is 2.75 bits per heavy atom. The molecule has 3 heterocycles. The van der Waals surface area contributed by atoms with Crippen LogP contribution in [0.2, 0.25) is 0 Å². The fourth-order valence-corrected chi connectivity index (χ4v) is 2.57. The lowest BCUT2D eigenvalue weighted by Gasteiger charge is -2.28. The van der Waals surface area contributed by atoms with Crippen molar-refractivity contribution in [2.75, 3.05) is 25.2 Å². The number of methoxy groups -OCH3 is 1. The fraction of sp³-hybridized carbons (Fsp3) is 0.375. The van der Waals surface area contributed by atoms with Gasteiger partial charge in [-0.15, -0.1) is 0 Å². The molecule has 0 amide bonds. The molecule has 0 radical (unpaired) electrons. The molecule has 8 heteroatoms. The van der Waals surface area contributed by atoms with Gasteiger partial charge in [-0.05, 0) is 25.1 Å². The first-order valence-corrected chi connectivity index (χ1v) is 7.65. The van der Waals surface area contributed by atoms with Crippen molar-refractivity contribution in [3.8, 4) is 0 Å². The quantitative estimate of drug-likeness (QED) is 0.780. The number of anilines is 1. The molecule has 0 bridgehead atoms. The third-order valence-corrected chi connectivity index (χ3v) is 3.78. The summed E-state index contributed by atoms with van der Waals surface area (Å²) in [5.74, 6) is -0.0635. The van der Waals surface area contributed by atoms with Crippen LogP contribution < -0.4 is 4.90 Å². The molecule has 0 aromatic carbocycles. The number of aromatic nitrogens is 3. The van der Waals surface area contributed by atoms with E-state index in [2.05, 4.69) is 15.0 Å². The predicted molar refractivity (Wildman–Crippen MR) is 84.8 cm³/mol. The fourth-order valence-electron chi connectivity index (χ4n) is 2.57. The zero-order valence-electron chi connectivity index (χ0n) is 13.6. The number of hydrogen-bond acceptors (Lipinski definition) is 7. The summed E-state index contributed by atoms with van der Waals surface area (Å²) < 4.78 is 11.4. The lowest BCUT2D eigenvalue weighted by Crippen LogP contribution is -2.34. The largest absolute Gasteiger partial charge is 0.464 e. The molecule has 1 aliphatic heterocycles. The second kappa shape index (κ2) is 6.69. The zero-order valence-corrected chi connectivity index (χ0v) is 13.6. The normalized spacial score (nSPS) is 13.3. The van der Waals surface area contributed by atoms with Gasteiger partial charge in [0.2, 0.25) is 0 Å². The van der Waals surface area contributed by atoms with Crippen molar-refractivity contribution in [3.05, 3.63) is 41.3 Å². The van der Waals surface area contributed by atoms with Gasteiger partial charge < -0.3 is 14.4 Å². The first-order valence-electron chi connectivity index (χ1n) is 7.65. The topological polar surface area (TPSA) is 86.6 Å². The average Bonchev–Trinajstić information content (AvgIpc) is 3.04. The summed E-state index contributed by atoms with van der Waals surface area (Å²) in [6.07, 6.45) is 1.51. The zero-order chi connectivity index (χ0) is 17.1. The molecule has 2 aromatic heterocycles. The van der Waals surface area contributed by atoms with Gasteiger partial charge in [-0.1, -0.05) is 0 Å². The number of hydrogen-bond donors (Lipinski definition) is 0. The predicted octanol–water partition coefficient (Wildman–Crippen LogP) is 1.26. The van der Waals surface area contributed by atoms with Gasteiger partial charge in [0.25, 0.3) is 0 Å². The first kappa shape index (κ1) is 16.0. The molecule has 0 N–H and O–H groups in total. The summed E-state index contributed by atoms with van der Waals surface area (Å²) in [5, 5.41) is 4.24. The van der Waals surface area contributed by atoms with E-state index < -0.39 is 5.97 Å². The third kappa shape index (κ3) is 3.08. The molecule has 24 heavy (non-hydrogen) atoms. The van der Waals surface area contributed by atoms with Crippen LogP contribution in [-0.2, 0) is 22.6 Å². The molecule has 0 unspecified atom stereocenters. The van der Waals surface area contributed by atoms with Gasteiger partial charge in [-0.25, -0.2) is 14.6 Å². The van der Waals surface area contributed by atoms with Gasteiger partial charge in [0, 0.05) is 12.7 Å². The van der Waals surface area contributed by atoms with E-state index in [4.69, 9.17) is 9.47 Å². The van der Waals surface area contributed by atoms with Crippen LogP contribution >= 0.6 is 0 Å². The number of carbonyl (C=O) groups excluding carboxylic acids is 2. The second-order valence-electron chi connectivity index (χ2n) is 5.28. The maximum Gasteiger partial charge on any atom is 0.358 e. The Morgan fingerprint density at radius 1 is 1.25 bits per heavy atom. The van der Waals surface area contributed by atoms with Crippen LogP contribution in [-0.4, -0.2) is 47.0 Å². The van der Waals surface area contributed by atoms with Gasteiger partial charge in [-0.2, -0.15) is 5.10 Å². The number of rotatable bonds is 4. The Labute approximate surface area is 139 Å². The van der Waals surface area contributed by atoms with Gasteiger partial charge >= 0.3 is 11.9 Å². The number of fused-ring (bicyclic) bond motifs is 1. The van der Waals surface area contributed by atoms with Crippen LogP contribution in [0.4, 0.5) is 5.82 Å². The van der Waals surface area contributed by atoms with Crippen molar-refractivity contribution in [1.29, 1.82) is 0 Å². The molecule has 8 nitrogen and oxygen atoms in total. The molecule has 0 saturated carbocycles. The smallest absolute Gasteiger partial charge is 0.358 e. The van der Waals surface area contributed by atoms with Crippen molar-refractivity contribution < 1.29 is 19.1 Å². The van der Waals surface area contributed by atoms with Crippen LogP contribution in [0.3, 0.4) is 0 Å². The van der Waals surface area contributed by atoms with Crippen molar-refractivity contribution in [1.82, 2.24) is 14.8 Å². The molecule has 0 fully saturated rings. The highest BCUT2D eigenvalue weighted by Gasteiger charge is 2.22. The highest BCUT2D eigenvalue weighted by atomic mass is 16.5. The summed E-state index contributed by atoms with van der Waals surface area (Å²) in [7, 11) is 1.34. The van der Waals surface area contributed by atoms with E-state index in [1.807, 2.05) is 0 Å². The number of ether oxygens (including phenoxy) is 2. The van der Waals surface area contributed by atoms with Crippen molar-refractivity contribution >= 4 is 17.8 Å². The molecule has 0 aliphatic carbocycles. The van der Waals surface area contributed by atoms with E-state index in [0.717, 1.165) is 11.5 Å². The van der Waals surface area contributed by atoms with E-state index in [1.54, 1.807) is 29.8 Å². The maximum absolute atomic E-state index is 11.7. The highest BCUT2D eigenvalue weighted by molar-refractivity contribution is 5.89. The van der Waals surface area contributed by atoms with Crippen LogP contribution in [0.1, 0.15) is 33.5 Å². The van der Waals surface area contributed by atoms with E-state index in [9.17, 15) is 9.59 Å². The van der Waals surface area contributed by atoms with Crippen LogP contribution in [0.15, 0.2) is 24.4 Å². The Hall–Kier alpha value is -2.90. The summed E-state index contributed by atoms with van der Waals surface area (Å²) in [6, 6.07) is 5.22. The van der Waals surface area contributed by atoms with Crippen molar-refractivity contribution in [3.63, 3.8) is 0 Å². The van der Waals surface area contributed by atoms with E-state index in [0.29, 0.717) is 37.5 Å².